The first-order valence-electron chi connectivity index (χ1n) is 7.01. The Bertz CT molecular complexity index is 683. The van der Waals surface area contributed by atoms with Gasteiger partial charge in [-0.05, 0) is 6.42 Å². The first-order chi connectivity index (χ1) is 9.84. The molecule has 0 unspecified atom stereocenters. The molecule has 2 rings (SSSR count). The monoisotopic (exact) mass is 288 g/mol. The van der Waals surface area contributed by atoms with E-state index >= 15 is 0 Å². The van der Waals surface area contributed by atoms with Crippen LogP contribution in [0.15, 0.2) is 12.4 Å². The van der Waals surface area contributed by atoms with Crippen LogP contribution in [0.25, 0.3) is 11.2 Å². The van der Waals surface area contributed by atoms with Crippen LogP contribution in [0, 0.1) is 5.41 Å². The van der Waals surface area contributed by atoms with Crippen molar-refractivity contribution >= 4 is 22.9 Å². The molecule has 0 aliphatic rings. The summed E-state index contributed by atoms with van der Waals surface area (Å²) in [4.78, 5) is 35.7. The molecule has 2 aromatic heterocycles. The number of amides is 1. The summed E-state index contributed by atoms with van der Waals surface area (Å²) in [5.74, 6) is -0.309. The fourth-order valence-corrected chi connectivity index (χ4v) is 1.91. The minimum Gasteiger partial charge on any atom is -0.351 e. The molecule has 0 spiro atoms. The lowest BCUT2D eigenvalue weighted by Crippen LogP contribution is -2.25. The molecular weight excluding hydrogens is 268 g/mol. The number of fused-ring (bicyclic) bond motifs is 1. The van der Waals surface area contributed by atoms with E-state index < -0.39 is 5.41 Å². The smallest absolute Gasteiger partial charge is 0.271 e. The van der Waals surface area contributed by atoms with Gasteiger partial charge in [0.15, 0.2) is 11.4 Å². The van der Waals surface area contributed by atoms with E-state index in [-0.39, 0.29) is 17.4 Å². The highest BCUT2D eigenvalue weighted by molar-refractivity contribution is 6.08. The SMILES string of the molecule is CCCNC(=O)c1cnc2[nH]cc(C(=O)C(C)(C)C)c2n1. The van der Waals surface area contributed by atoms with Crippen molar-refractivity contribution in [2.24, 2.45) is 5.41 Å². The van der Waals surface area contributed by atoms with E-state index in [9.17, 15) is 9.59 Å². The Morgan fingerprint density at radius 3 is 2.67 bits per heavy atom. The lowest BCUT2D eigenvalue weighted by Gasteiger charge is -2.15. The summed E-state index contributed by atoms with van der Waals surface area (Å²) in [5, 5.41) is 2.75. The van der Waals surface area contributed by atoms with E-state index in [4.69, 9.17) is 0 Å². The minimum atomic E-state index is -0.517. The maximum Gasteiger partial charge on any atom is 0.271 e. The second-order valence-corrected chi connectivity index (χ2v) is 5.99. The number of nitrogens with zero attached hydrogens (tertiary/aromatic N) is 2. The topological polar surface area (TPSA) is 87.7 Å². The molecule has 2 N–H and O–H groups in total. The summed E-state index contributed by atoms with van der Waals surface area (Å²) in [6.07, 6.45) is 3.86. The van der Waals surface area contributed by atoms with Gasteiger partial charge in [0.05, 0.1) is 11.8 Å². The van der Waals surface area contributed by atoms with E-state index in [1.165, 1.54) is 6.20 Å². The Kier molecular flexibility index (Phi) is 4.06. The molecule has 0 aromatic carbocycles. The first kappa shape index (κ1) is 15.2. The first-order valence-corrected chi connectivity index (χ1v) is 7.01. The standard InChI is InChI=1S/C15H20N4O2/c1-5-6-16-14(21)10-8-18-13-11(19-10)9(7-17-13)12(20)15(2,3)4/h7-8H,5-6H2,1-4H3,(H,16,21)(H,17,18). The molecule has 0 radical (unpaired) electrons. The average Bonchev–Trinajstić information content (AvgIpc) is 2.85. The molecule has 2 aromatic rings. The van der Waals surface area contributed by atoms with Crippen molar-refractivity contribution in [2.45, 2.75) is 34.1 Å². The van der Waals surface area contributed by atoms with Gasteiger partial charge < -0.3 is 10.3 Å². The summed E-state index contributed by atoms with van der Waals surface area (Å²) in [6, 6.07) is 0. The predicted octanol–water partition coefficient (Wildman–Crippen LogP) is 2.33. The molecule has 0 atom stereocenters. The molecular formula is C15H20N4O2. The van der Waals surface area contributed by atoms with Crippen molar-refractivity contribution in [3.8, 4) is 0 Å². The van der Waals surface area contributed by atoms with Gasteiger partial charge in [-0.25, -0.2) is 9.97 Å². The summed E-state index contributed by atoms with van der Waals surface area (Å²) in [6.45, 7) is 8.10. The summed E-state index contributed by atoms with van der Waals surface area (Å²) < 4.78 is 0. The fourth-order valence-electron chi connectivity index (χ4n) is 1.91. The third-order valence-electron chi connectivity index (χ3n) is 3.07. The Labute approximate surface area is 123 Å². The van der Waals surface area contributed by atoms with Gasteiger partial charge in [0.2, 0.25) is 0 Å². The van der Waals surface area contributed by atoms with Gasteiger partial charge in [-0.3, -0.25) is 9.59 Å². The van der Waals surface area contributed by atoms with Gasteiger partial charge in [0, 0.05) is 18.2 Å². The predicted molar refractivity (Wildman–Crippen MR) is 80.3 cm³/mol. The quantitative estimate of drug-likeness (QED) is 0.845. The fraction of sp³-hybridized carbons (Fsp3) is 0.467. The number of ketones is 1. The molecule has 0 saturated heterocycles. The van der Waals surface area contributed by atoms with E-state index in [1.54, 1.807) is 6.20 Å². The number of nitrogens with one attached hydrogen (secondary N) is 2. The van der Waals surface area contributed by atoms with Gasteiger partial charge in [0.25, 0.3) is 5.91 Å². The van der Waals surface area contributed by atoms with Crippen molar-refractivity contribution in [1.82, 2.24) is 20.3 Å². The zero-order valence-corrected chi connectivity index (χ0v) is 12.8. The van der Waals surface area contributed by atoms with Crippen molar-refractivity contribution in [3.63, 3.8) is 0 Å². The van der Waals surface area contributed by atoms with Gasteiger partial charge in [0.1, 0.15) is 11.2 Å². The second-order valence-electron chi connectivity index (χ2n) is 5.99. The van der Waals surface area contributed by atoms with E-state index in [2.05, 4.69) is 20.3 Å². The molecule has 0 saturated carbocycles. The number of carbonyl (C=O) groups excluding carboxylic acids is 2. The van der Waals surface area contributed by atoms with E-state index in [0.29, 0.717) is 23.3 Å². The lowest BCUT2D eigenvalue weighted by atomic mass is 9.87. The van der Waals surface area contributed by atoms with Crippen LogP contribution in [-0.2, 0) is 0 Å². The van der Waals surface area contributed by atoms with Crippen LogP contribution >= 0.6 is 0 Å². The number of aromatic nitrogens is 3. The van der Waals surface area contributed by atoms with Gasteiger partial charge in [-0.2, -0.15) is 0 Å². The Hall–Kier alpha value is -2.24. The Balaban J connectivity index is 2.42. The summed E-state index contributed by atoms with van der Waals surface area (Å²) in [5.41, 5.74) is 1.12. The molecule has 0 aliphatic carbocycles. The van der Waals surface area contributed by atoms with Gasteiger partial charge in [-0.1, -0.05) is 27.7 Å². The number of carbonyl (C=O) groups is 2. The number of rotatable bonds is 4. The van der Waals surface area contributed by atoms with Crippen molar-refractivity contribution in [2.75, 3.05) is 6.54 Å². The van der Waals surface area contributed by atoms with Crippen molar-refractivity contribution in [1.29, 1.82) is 0 Å². The second kappa shape index (κ2) is 5.63. The molecule has 6 nitrogen and oxygen atoms in total. The molecule has 0 fully saturated rings. The lowest BCUT2D eigenvalue weighted by molar-refractivity contribution is 0.0859. The summed E-state index contributed by atoms with van der Waals surface area (Å²) >= 11 is 0. The maximum absolute atomic E-state index is 12.4. The highest BCUT2D eigenvalue weighted by Gasteiger charge is 2.26. The number of Topliss-reactive ketones (excluding diaryl/α,β-unsaturated/α-hetero) is 1. The minimum absolute atomic E-state index is 0.0332. The average molecular weight is 288 g/mol. The van der Waals surface area contributed by atoms with Crippen molar-refractivity contribution < 1.29 is 9.59 Å². The third kappa shape index (κ3) is 3.09. The zero-order chi connectivity index (χ0) is 15.6. The van der Waals surface area contributed by atoms with E-state index in [0.717, 1.165) is 6.42 Å². The number of hydrogen-bond donors (Lipinski definition) is 2. The Morgan fingerprint density at radius 1 is 1.33 bits per heavy atom. The largest absolute Gasteiger partial charge is 0.351 e. The maximum atomic E-state index is 12.4. The molecule has 1 amide bonds. The molecule has 21 heavy (non-hydrogen) atoms. The molecule has 112 valence electrons. The number of aromatic amines is 1. The highest BCUT2D eigenvalue weighted by atomic mass is 16.2. The van der Waals surface area contributed by atoms with Crippen LogP contribution in [-0.4, -0.2) is 33.2 Å². The number of H-pyrrole nitrogens is 1. The van der Waals surface area contributed by atoms with Crippen LogP contribution in [0.4, 0.5) is 0 Å². The molecule has 0 aliphatic heterocycles. The van der Waals surface area contributed by atoms with Crippen LogP contribution in [0.3, 0.4) is 0 Å². The molecule has 0 bridgehead atoms. The summed E-state index contributed by atoms with van der Waals surface area (Å²) in [7, 11) is 0. The number of hydrogen-bond acceptors (Lipinski definition) is 4. The van der Waals surface area contributed by atoms with E-state index in [1.807, 2.05) is 27.7 Å². The molecule has 2 heterocycles. The van der Waals surface area contributed by atoms with Crippen molar-refractivity contribution in [3.05, 3.63) is 23.7 Å². The zero-order valence-electron chi connectivity index (χ0n) is 12.8. The third-order valence-corrected chi connectivity index (χ3v) is 3.07. The Morgan fingerprint density at radius 2 is 2.05 bits per heavy atom. The van der Waals surface area contributed by atoms with Gasteiger partial charge >= 0.3 is 0 Å². The van der Waals surface area contributed by atoms with Crippen LogP contribution in [0.1, 0.15) is 55.0 Å². The van der Waals surface area contributed by atoms with Gasteiger partial charge in [-0.15, -0.1) is 0 Å². The molecule has 6 heteroatoms. The highest BCUT2D eigenvalue weighted by Crippen LogP contribution is 2.24. The van der Waals surface area contributed by atoms with Crippen LogP contribution in [0.2, 0.25) is 0 Å². The normalized spacial score (nSPS) is 11.6. The van der Waals surface area contributed by atoms with Crippen LogP contribution < -0.4 is 5.32 Å². The van der Waals surface area contributed by atoms with Crippen LogP contribution in [0.5, 0.6) is 0 Å².